The summed E-state index contributed by atoms with van der Waals surface area (Å²) in [6, 6.07) is 8.70. The largest absolute Gasteiger partial charge is 0.322 e. The first kappa shape index (κ1) is 12.3. The molecule has 0 unspecified atom stereocenters. The molecule has 0 saturated carbocycles. The van der Waals surface area contributed by atoms with E-state index in [1.54, 1.807) is 10.6 Å². The van der Waals surface area contributed by atoms with Gasteiger partial charge in [0.05, 0.1) is 0 Å². The molecule has 2 aliphatic rings. The molecule has 2 fully saturated rings. The predicted octanol–water partition coefficient (Wildman–Crippen LogP) is -0.499. The van der Waals surface area contributed by atoms with E-state index in [2.05, 4.69) is 10.6 Å². The molecule has 0 bridgehead atoms. The first-order valence-electron chi connectivity index (χ1n) is 5.96. The molecule has 2 aliphatic heterocycles. The Morgan fingerprint density at radius 1 is 1.21 bits per heavy atom. The number of carbonyl (C=O) groups excluding carboxylic acids is 2. The minimum atomic E-state index is -2.67. The van der Waals surface area contributed by atoms with E-state index in [0.29, 0.717) is 0 Å². The molecule has 3 rings (SSSR count). The Kier molecular flexibility index (Phi) is 2.51. The van der Waals surface area contributed by atoms with Gasteiger partial charge >= 0.3 is 6.03 Å². The number of hydrogen-bond acceptors (Lipinski definition) is 3. The van der Waals surface area contributed by atoms with Crippen molar-refractivity contribution in [3.05, 3.63) is 30.3 Å². The second kappa shape index (κ2) is 3.88. The summed E-state index contributed by atoms with van der Waals surface area (Å²) in [6.45, 7) is 0.570. The predicted molar refractivity (Wildman–Crippen MR) is 71.1 cm³/mol. The van der Waals surface area contributed by atoms with Crippen molar-refractivity contribution in [3.8, 4) is 0 Å². The highest BCUT2D eigenvalue weighted by Crippen LogP contribution is 2.32. The van der Waals surface area contributed by atoms with Gasteiger partial charge in [0, 0.05) is 24.2 Å². The van der Waals surface area contributed by atoms with Crippen LogP contribution < -0.4 is 10.6 Å². The third-order valence-corrected chi connectivity index (χ3v) is 6.31. The zero-order chi connectivity index (χ0) is 13.7. The molecule has 0 aromatic heterocycles. The van der Waals surface area contributed by atoms with Crippen LogP contribution in [0.2, 0.25) is 0 Å². The van der Waals surface area contributed by atoms with Crippen LogP contribution in [0.25, 0.3) is 0 Å². The number of imide groups is 1. The van der Waals surface area contributed by atoms with Crippen LogP contribution in [0.1, 0.15) is 0 Å². The zero-order valence-corrected chi connectivity index (χ0v) is 11.3. The lowest BCUT2D eigenvalue weighted by Crippen LogP contribution is -2.72. The molecule has 2 N–H and O–H groups in total. The summed E-state index contributed by atoms with van der Waals surface area (Å²) in [7, 11) is -2.67. The summed E-state index contributed by atoms with van der Waals surface area (Å²) in [5.41, 5.74) is -0.891. The Balaban J connectivity index is 1.79. The van der Waals surface area contributed by atoms with E-state index in [-0.39, 0.29) is 19.0 Å². The fraction of sp³-hybridized carbons (Fsp3) is 0.333. The van der Waals surface area contributed by atoms with Crippen molar-refractivity contribution >= 4 is 22.1 Å². The number of thiol groups is 1. The van der Waals surface area contributed by atoms with E-state index in [1.165, 1.54) is 0 Å². The Bertz CT molecular complexity index is 595. The Morgan fingerprint density at radius 2 is 1.84 bits per heavy atom. The van der Waals surface area contributed by atoms with Gasteiger partial charge in [-0.25, -0.2) is 9.10 Å². The van der Waals surface area contributed by atoms with Crippen LogP contribution in [0.5, 0.6) is 0 Å². The van der Waals surface area contributed by atoms with E-state index in [1.807, 2.05) is 30.3 Å². The lowest BCUT2D eigenvalue weighted by atomic mass is 9.93. The second-order valence-electron chi connectivity index (χ2n) is 5.03. The number of benzene rings is 1. The number of hydrogen-bond donors (Lipinski definition) is 3. The number of nitrogens with zero attached hydrogens (tertiary/aromatic N) is 1. The number of nitrogens with one attached hydrogen (secondary N) is 2. The SMILES string of the molecule is C[SH](=O)(c1ccccc1)N1CC2(C1)NC(=O)NC2=O. The van der Waals surface area contributed by atoms with Crippen molar-refractivity contribution in [2.75, 3.05) is 19.3 Å². The van der Waals surface area contributed by atoms with E-state index in [0.717, 1.165) is 4.90 Å². The number of amides is 3. The van der Waals surface area contributed by atoms with E-state index < -0.39 is 21.7 Å². The summed E-state index contributed by atoms with van der Waals surface area (Å²) < 4.78 is 14.6. The summed E-state index contributed by atoms with van der Waals surface area (Å²) >= 11 is 0. The van der Waals surface area contributed by atoms with Gasteiger partial charge in [-0.2, -0.15) is 0 Å². The van der Waals surface area contributed by atoms with Crippen LogP contribution in [-0.2, 0) is 14.9 Å². The van der Waals surface area contributed by atoms with Crippen molar-refractivity contribution in [3.63, 3.8) is 0 Å². The molecule has 7 heteroatoms. The van der Waals surface area contributed by atoms with Crippen molar-refractivity contribution in [1.29, 1.82) is 0 Å². The molecule has 0 radical (unpaired) electrons. The third kappa shape index (κ3) is 1.77. The monoisotopic (exact) mass is 281 g/mol. The van der Waals surface area contributed by atoms with Crippen LogP contribution >= 0.6 is 0 Å². The summed E-state index contributed by atoms with van der Waals surface area (Å²) in [5, 5.41) is 4.82. The fourth-order valence-corrected chi connectivity index (χ4v) is 4.54. The molecular formula is C12H15N3O3S. The van der Waals surface area contributed by atoms with Gasteiger partial charge in [-0.1, -0.05) is 18.2 Å². The molecule has 6 nitrogen and oxygen atoms in total. The Labute approximate surface area is 111 Å². The summed E-state index contributed by atoms with van der Waals surface area (Å²) in [6.07, 6.45) is 1.68. The van der Waals surface area contributed by atoms with Crippen molar-refractivity contribution in [2.45, 2.75) is 10.4 Å². The minimum Gasteiger partial charge on any atom is -0.321 e. The van der Waals surface area contributed by atoms with Crippen molar-refractivity contribution in [1.82, 2.24) is 14.9 Å². The van der Waals surface area contributed by atoms with Gasteiger partial charge in [-0.15, -0.1) is 0 Å². The van der Waals surface area contributed by atoms with Gasteiger partial charge in [-0.05, 0) is 22.3 Å². The zero-order valence-electron chi connectivity index (χ0n) is 10.4. The first-order chi connectivity index (χ1) is 8.94. The van der Waals surface area contributed by atoms with Gasteiger partial charge in [0.2, 0.25) is 0 Å². The molecule has 2 heterocycles. The quantitative estimate of drug-likeness (QED) is 0.505. The van der Waals surface area contributed by atoms with Gasteiger partial charge in [0.15, 0.2) is 0 Å². The number of carbonyl (C=O) groups is 2. The number of rotatable bonds is 2. The van der Waals surface area contributed by atoms with Gasteiger partial charge in [0.25, 0.3) is 5.91 Å². The van der Waals surface area contributed by atoms with E-state index in [9.17, 15) is 13.8 Å². The number of urea groups is 1. The van der Waals surface area contributed by atoms with Gasteiger partial charge in [0.1, 0.15) is 5.54 Å². The smallest absolute Gasteiger partial charge is 0.321 e. The molecule has 0 atom stereocenters. The van der Waals surface area contributed by atoms with Crippen molar-refractivity contribution < 1.29 is 13.8 Å². The highest BCUT2D eigenvalue weighted by molar-refractivity contribution is 8.00. The normalized spacial score (nSPS) is 22.8. The molecule has 102 valence electrons. The van der Waals surface area contributed by atoms with E-state index in [4.69, 9.17) is 0 Å². The summed E-state index contributed by atoms with van der Waals surface area (Å²) in [5.74, 6) is -0.332. The average Bonchev–Trinajstić information content (AvgIpc) is 2.63. The van der Waals surface area contributed by atoms with E-state index >= 15 is 0 Å². The maximum atomic E-state index is 12.8. The molecule has 1 spiro atoms. The molecule has 1 aromatic rings. The van der Waals surface area contributed by atoms with Crippen LogP contribution in [0.3, 0.4) is 0 Å². The molecule has 0 aliphatic carbocycles. The maximum absolute atomic E-state index is 12.8. The third-order valence-electron chi connectivity index (χ3n) is 3.69. The fourth-order valence-electron chi connectivity index (χ4n) is 2.47. The highest BCUT2D eigenvalue weighted by Gasteiger charge is 2.57. The molecule has 19 heavy (non-hydrogen) atoms. The van der Waals surface area contributed by atoms with Crippen molar-refractivity contribution in [2.24, 2.45) is 0 Å². The molecular weight excluding hydrogens is 266 g/mol. The minimum absolute atomic E-state index is 0.285. The lowest BCUT2D eigenvalue weighted by molar-refractivity contribution is -0.127. The molecule has 1 aromatic carbocycles. The molecule has 3 amide bonds. The van der Waals surface area contributed by atoms with Gasteiger partial charge in [-0.3, -0.25) is 14.3 Å². The van der Waals surface area contributed by atoms with Crippen LogP contribution in [0.4, 0.5) is 4.79 Å². The average molecular weight is 281 g/mol. The van der Waals surface area contributed by atoms with Crippen LogP contribution in [0, 0.1) is 0 Å². The maximum Gasteiger partial charge on any atom is 0.322 e. The molecule has 2 saturated heterocycles. The Morgan fingerprint density at radius 3 is 2.37 bits per heavy atom. The second-order valence-corrected chi connectivity index (χ2v) is 7.87. The topological polar surface area (TPSA) is 78.5 Å². The van der Waals surface area contributed by atoms with Gasteiger partial charge < -0.3 is 5.32 Å². The van der Waals surface area contributed by atoms with Crippen LogP contribution in [-0.4, -0.2) is 45.3 Å². The first-order valence-corrected chi connectivity index (χ1v) is 8.07. The highest BCUT2D eigenvalue weighted by atomic mass is 32.3. The lowest BCUT2D eigenvalue weighted by Gasteiger charge is -2.49. The standard InChI is InChI=1S/C12H15N3O3S/c1-19(18,9-5-3-2-4-6-9)15-7-12(8-15)10(16)13-11(17)14-12/h2-6,19H,7-8H2,1H3,(H2,13,14,16,17). The van der Waals surface area contributed by atoms with Crippen LogP contribution in [0.15, 0.2) is 35.2 Å². The summed E-state index contributed by atoms with van der Waals surface area (Å²) in [4.78, 5) is 23.6. The Hall–Kier alpha value is -1.73.